The van der Waals surface area contributed by atoms with E-state index in [-0.39, 0.29) is 0 Å². The lowest BCUT2D eigenvalue weighted by Gasteiger charge is -2.51. The first-order chi connectivity index (χ1) is 9.78. The molecule has 0 aromatic carbocycles. The van der Waals surface area contributed by atoms with E-state index in [1.165, 1.54) is 51.4 Å². The fraction of sp³-hybridized carbons (Fsp3) is 0.842. The monoisotopic (exact) mass is 272 g/mol. The van der Waals surface area contributed by atoms with Gasteiger partial charge in [-0.3, -0.25) is 4.79 Å². The van der Waals surface area contributed by atoms with Crippen molar-refractivity contribution in [1.82, 2.24) is 0 Å². The van der Waals surface area contributed by atoms with Crippen molar-refractivity contribution >= 4 is 5.78 Å². The Morgan fingerprint density at radius 1 is 1.05 bits per heavy atom. The van der Waals surface area contributed by atoms with Gasteiger partial charge >= 0.3 is 0 Å². The third kappa shape index (κ3) is 1.92. The Morgan fingerprint density at radius 3 is 2.80 bits per heavy atom. The lowest BCUT2D eigenvalue weighted by molar-refractivity contribution is -0.117. The number of fused-ring (bicyclic) bond motifs is 5. The maximum atomic E-state index is 12.0. The first kappa shape index (κ1) is 13.1. The van der Waals surface area contributed by atoms with Gasteiger partial charge in [0, 0.05) is 6.42 Å². The molecule has 3 saturated carbocycles. The van der Waals surface area contributed by atoms with Gasteiger partial charge in [0.05, 0.1) is 0 Å². The second-order valence-corrected chi connectivity index (χ2v) is 7.88. The van der Waals surface area contributed by atoms with Crippen LogP contribution in [-0.2, 0) is 4.79 Å². The quantitative estimate of drug-likeness (QED) is 0.672. The summed E-state index contributed by atoms with van der Waals surface area (Å²) in [6.45, 7) is 2.30. The van der Waals surface area contributed by atoms with Crippen LogP contribution in [0.15, 0.2) is 11.6 Å². The molecule has 6 atom stereocenters. The van der Waals surface area contributed by atoms with E-state index in [9.17, 15) is 4.79 Å². The number of hydrogen-bond acceptors (Lipinski definition) is 1. The van der Waals surface area contributed by atoms with E-state index in [1.807, 2.05) is 6.08 Å². The summed E-state index contributed by atoms with van der Waals surface area (Å²) in [7, 11) is 0. The van der Waals surface area contributed by atoms with Crippen molar-refractivity contribution in [2.75, 3.05) is 0 Å². The molecule has 0 bridgehead atoms. The first-order valence-electron chi connectivity index (χ1n) is 9.01. The van der Waals surface area contributed by atoms with Crippen LogP contribution in [0.2, 0.25) is 0 Å². The smallest absolute Gasteiger partial charge is 0.155 e. The second kappa shape index (κ2) is 5.00. The molecule has 4 aliphatic rings. The van der Waals surface area contributed by atoms with E-state index in [0.29, 0.717) is 11.7 Å². The average molecular weight is 272 g/mol. The Hall–Kier alpha value is -0.590. The number of hydrogen-bond donors (Lipinski definition) is 0. The molecule has 0 aromatic rings. The molecule has 1 heteroatoms. The predicted octanol–water partition coefficient (Wildman–Crippen LogP) is 4.76. The SMILES string of the molecule is CCC1CC(=O)C=C2CCC3C4CCCC4CCC3C21. The Balaban J connectivity index is 1.64. The van der Waals surface area contributed by atoms with E-state index in [1.54, 1.807) is 5.57 Å². The van der Waals surface area contributed by atoms with Gasteiger partial charge in [0.2, 0.25) is 0 Å². The van der Waals surface area contributed by atoms with Gasteiger partial charge in [0.15, 0.2) is 5.78 Å². The summed E-state index contributed by atoms with van der Waals surface area (Å²) < 4.78 is 0. The van der Waals surface area contributed by atoms with Crippen LogP contribution in [0.1, 0.15) is 64.7 Å². The summed E-state index contributed by atoms with van der Waals surface area (Å²) in [6.07, 6.45) is 14.2. The van der Waals surface area contributed by atoms with Crippen molar-refractivity contribution in [3.8, 4) is 0 Å². The van der Waals surface area contributed by atoms with Crippen LogP contribution < -0.4 is 0 Å². The summed E-state index contributed by atoms with van der Waals surface area (Å²) in [5, 5.41) is 0. The zero-order valence-electron chi connectivity index (χ0n) is 12.8. The molecule has 6 unspecified atom stereocenters. The molecule has 0 aliphatic heterocycles. The summed E-state index contributed by atoms with van der Waals surface area (Å²) in [5.41, 5.74) is 1.55. The molecule has 0 heterocycles. The maximum absolute atomic E-state index is 12.0. The molecule has 0 saturated heterocycles. The number of ketones is 1. The Kier molecular flexibility index (Phi) is 3.27. The topological polar surface area (TPSA) is 17.1 Å². The molecule has 3 fully saturated rings. The van der Waals surface area contributed by atoms with Gasteiger partial charge in [-0.15, -0.1) is 0 Å². The maximum Gasteiger partial charge on any atom is 0.155 e. The first-order valence-corrected chi connectivity index (χ1v) is 9.01. The third-order valence-electron chi connectivity index (χ3n) is 7.19. The summed E-state index contributed by atoms with van der Waals surface area (Å²) in [4.78, 5) is 12.0. The van der Waals surface area contributed by atoms with E-state index in [2.05, 4.69) is 6.92 Å². The zero-order chi connectivity index (χ0) is 13.7. The molecular weight excluding hydrogens is 244 g/mol. The molecule has 1 nitrogen and oxygen atoms in total. The Morgan fingerprint density at radius 2 is 1.95 bits per heavy atom. The fourth-order valence-corrected chi connectivity index (χ4v) is 6.44. The molecule has 110 valence electrons. The highest BCUT2D eigenvalue weighted by Gasteiger charge is 2.49. The van der Waals surface area contributed by atoms with Gasteiger partial charge in [-0.05, 0) is 73.7 Å². The van der Waals surface area contributed by atoms with Gasteiger partial charge in [0.1, 0.15) is 0 Å². The Labute approximate surface area is 123 Å². The number of allylic oxidation sites excluding steroid dienone is 1. The van der Waals surface area contributed by atoms with Gasteiger partial charge in [0.25, 0.3) is 0 Å². The molecule has 0 radical (unpaired) electrons. The molecule has 0 N–H and O–H groups in total. The van der Waals surface area contributed by atoms with E-state index in [0.717, 1.165) is 36.0 Å². The lowest BCUT2D eigenvalue weighted by atomic mass is 9.54. The van der Waals surface area contributed by atoms with Crippen LogP contribution in [0.3, 0.4) is 0 Å². The standard InChI is InChI=1S/C19H28O/c1-2-12-10-15(20)11-14-7-8-17-16-5-3-4-13(16)6-9-18(17)19(12)14/h11-13,16-19H,2-10H2,1H3. The summed E-state index contributed by atoms with van der Waals surface area (Å²) in [5.74, 6) is 5.88. The predicted molar refractivity (Wildman–Crippen MR) is 81.3 cm³/mol. The van der Waals surface area contributed by atoms with Crippen LogP contribution in [0.5, 0.6) is 0 Å². The second-order valence-electron chi connectivity index (χ2n) is 7.88. The largest absolute Gasteiger partial charge is 0.295 e. The minimum atomic E-state index is 0.413. The molecule has 0 amide bonds. The van der Waals surface area contributed by atoms with Crippen LogP contribution in [0.4, 0.5) is 0 Å². The van der Waals surface area contributed by atoms with E-state index >= 15 is 0 Å². The van der Waals surface area contributed by atoms with Crippen molar-refractivity contribution in [2.24, 2.45) is 35.5 Å². The zero-order valence-corrected chi connectivity index (χ0v) is 12.8. The van der Waals surface area contributed by atoms with E-state index < -0.39 is 0 Å². The van der Waals surface area contributed by atoms with Crippen LogP contribution in [-0.4, -0.2) is 5.78 Å². The number of carbonyl (C=O) groups is 1. The molecular formula is C19H28O. The number of rotatable bonds is 1. The highest BCUT2D eigenvalue weighted by molar-refractivity contribution is 5.91. The van der Waals surface area contributed by atoms with Crippen LogP contribution in [0.25, 0.3) is 0 Å². The van der Waals surface area contributed by atoms with Crippen molar-refractivity contribution < 1.29 is 4.79 Å². The fourth-order valence-electron chi connectivity index (χ4n) is 6.44. The van der Waals surface area contributed by atoms with Crippen LogP contribution in [0, 0.1) is 35.5 Å². The summed E-state index contributed by atoms with van der Waals surface area (Å²) >= 11 is 0. The lowest BCUT2D eigenvalue weighted by Crippen LogP contribution is -2.44. The highest BCUT2D eigenvalue weighted by Crippen LogP contribution is 2.57. The van der Waals surface area contributed by atoms with E-state index in [4.69, 9.17) is 0 Å². The van der Waals surface area contributed by atoms with Crippen molar-refractivity contribution in [2.45, 2.75) is 64.7 Å². The van der Waals surface area contributed by atoms with Gasteiger partial charge in [-0.2, -0.15) is 0 Å². The minimum absolute atomic E-state index is 0.413. The average Bonchev–Trinajstić information content (AvgIpc) is 2.94. The van der Waals surface area contributed by atoms with Crippen molar-refractivity contribution in [3.05, 3.63) is 11.6 Å². The Bertz CT molecular complexity index is 435. The third-order valence-corrected chi connectivity index (χ3v) is 7.19. The highest BCUT2D eigenvalue weighted by atomic mass is 16.1. The number of carbonyl (C=O) groups excluding carboxylic acids is 1. The summed E-state index contributed by atoms with van der Waals surface area (Å²) in [6, 6.07) is 0. The van der Waals surface area contributed by atoms with Crippen molar-refractivity contribution in [3.63, 3.8) is 0 Å². The minimum Gasteiger partial charge on any atom is -0.295 e. The molecule has 0 spiro atoms. The molecule has 4 rings (SSSR count). The van der Waals surface area contributed by atoms with Gasteiger partial charge in [-0.25, -0.2) is 0 Å². The van der Waals surface area contributed by atoms with Crippen LogP contribution >= 0.6 is 0 Å². The van der Waals surface area contributed by atoms with Crippen molar-refractivity contribution in [1.29, 1.82) is 0 Å². The van der Waals surface area contributed by atoms with Gasteiger partial charge < -0.3 is 0 Å². The molecule has 20 heavy (non-hydrogen) atoms. The molecule has 4 aliphatic carbocycles. The molecule has 0 aromatic heterocycles. The normalized spacial score (nSPS) is 47.2. The van der Waals surface area contributed by atoms with Gasteiger partial charge in [-0.1, -0.05) is 31.8 Å².